The lowest BCUT2D eigenvalue weighted by molar-refractivity contribution is 0.586. The third-order valence-corrected chi connectivity index (χ3v) is 5.52. The first kappa shape index (κ1) is 13.7. The second-order valence-electron chi connectivity index (χ2n) is 5.60. The average Bonchev–Trinajstić information content (AvgIpc) is 2.47. The van der Waals surface area contributed by atoms with Crippen molar-refractivity contribution < 1.29 is 0 Å². The van der Waals surface area contributed by atoms with Crippen LogP contribution in [0.2, 0.25) is 0 Å². The summed E-state index contributed by atoms with van der Waals surface area (Å²) >= 11 is 2.01. The minimum Gasteiger partial charge on any atom is -0.323 e. The van der Waals surface area contributed by atoms with E-state index in [-0.39, 0.29) is 6.04 Å². The van der Waals surface area contributed by atoms with Gasteiger partial charge in [-0.15, -0.1) is 0 Å². The Hall–Kier alpha value is -1.25. The van der Waals surface area contributed by atoms with Gasteiger partial charge in [-0.1, -0.05) is 54.1 Å². The number of hydrogen-bond donors (Lipinski definition) is 1. The summed E-state index contributed by atoms with van der Waals surface area (Å²) < 4.78 is 0. The predicted octanol–water partition coefficient (Wildman–Crippen LogP) is 4.24. The molecule has 2 atom stereocenters. The van der Waals surface area contributed by atoms with E-state index in [1.54, 1.807) is 0 Å². The molecule has 1 aliphatic carbocycles. The number of hydrogen-bond acceptors (Lipinski definition) is 2. The molecule has 0 heterocycles. The number of fused-ring (bicyclic) bond motifs is 1. The van der Waals surface area contributed by atoms with Crippen molar-refractivity contribution in [2.75, 3.05) is 0 Å². The molecule has 0 radical (unpaired) electrons. The van der Waals surface area contributed by atoms with Crippen molar-refractivity contribution in [3.05, 3.63) is 70.8 Å². The standard InChI is InChI=1S/C18H21NS/c1-13-5-4-6-14(11-13)12-20-17-10-9-15-7-2-3-8-16(15)18(17)19/h2-8,11,17-18H,9-10,12,19H2,1H3. The van der Waals surface area contributed by atoms with Gasteiger partial charge in [-0.05, 0) is 36.5 Å². The first-order valence-electron chi connectivity index (χ1n) is 7.24. The number of rotatable bonds is 3. The molecule has 0 bridgehead atoms. The van der Waals surface area contributed by atoms with Crippen LogP contribution in [0.1, 0.15) is 34.7 Å². The van der Waals surface area contributed by atoms with Crippen LogP contribution in [0.3, 0.4) is 0 Å². The molecule has 2 N–H and O–H groups in total. The lowest BCUT2D eigenvalue weighted by Crippen LogP contribution is -2.29. The quantitative estimate of drug-likeness (QED) is 0.911. The van der Waals surface area contributed by atoms with E-state index in [2.05, 4.69) is 55.5 Å². The van der Waals surface area contributed by atoms with Crippen molar-refractivity contribution in [3.63, 3.8) is 0 Å². The van der Waals surface area contributed by atoms with E-state index in [0.717, 1.165) is 12.2 Å². The smallest absolute Gasteiger partial charge is 0.0418 e. The monoisotopic (exact) mass is 283 g/mol. The molecule has 2 heteroatoms. The minimum absolute atomic E-state index is 0.176. The molecule has 0 saturated heterocycles. The molecule has 104 valence electrons. The van der Waals surface area contributed by atoms with E-state index in [4.69, 9.17) is 5.73 Å². The molecule has 0 amide bonds. The SMILES string of the molecule is Cc1cccc(CSC2CCc3ccccc3C2N)c1. The Morgan fingerprint density at radius 2 is 2.00 bits per heavy atom. The van der Waals surface area contributed by atoms with Gasteiger partial charge in [0.1, 0.15) is 0 Å². The van der Waals surface area contributed by atoms with Crippen LogP contribution in [0.25, 0.3) is 0 Å². The third-order valence-electron chi connectivity index (χ3n) is 4.06. The predicted molar refractivity (Wildman–Crippen MR) is 88.0 cm³/mol. The highest BCUT2D eigenvalue weighted by atomic mass is 32.2. The second kappa shape index (κ2) is 6.02. The molecule has 0 spiro atoms. The minimum atomic E-state index is 0.176. The number of aryl methyl sites for hydroxylation is 2. The Kier molecular flexibility index (Phi) is 4.13. The van der Waals surface area contributed by atoms with Gasteiger partial charge in [-0.2, -0.15) is 11.8 Å². The summed E-state index contributed by atoms with van der Waals surface area (Å²) in [6, 6.07) is 17.6. The van der Waals surface area contributed by atoms with Crippen molar-refractivity contribution in [3.8, 4) is 0 Å². The van der Waals surface area contributed by atoms with Gasteiger partial charge in [0.15, 0.2) is 0 Å². The fourth-order valence-corrected chi connectivity index (χ4v) is 4.18. The van der Waals surface area contributed by atoms with Gasteiger partial charge in [0, 0.05) is 17.0 Å². The number of thioether (sulfide) groups is 1. The summed E-state index contributed by atoms with van der Waals surface area (Å²) in [5.41, 5.74) is 12.0. The summed E-state index contributed by atoms with van der Waals surface area (Å²) in [5, 5.41) is 0.533. The van der Waals surface area contributed by atoms with Crippen LogP contribution in [0.5, 0.6) is 0 Å². The highest BCUT2D eigenvalue weighted by Crippen LogP contribution is 2.36. The fraction of sp³-hybridized carbons (Fsp3) is 0.333. The molecule has 2 aromatic carbocycles. The first-order chi connectivity index (χ1) is 9.74. The Labute approximate surface area is 125 Å². The van der Waals surface area contributed by atoms with E-state index < -0.39 is 0 Å². The molecule has 2 unspecified atom stereocenters. The van der Waals surface area contributed by atoms with Gasteiger partial charge in [0.2, 0.25) is 0 Å². The van der Waals surface area contributed by atoms with Gasteiger partial charge in [0.05, 0.1) is 0 Å². The molecule has 3 rings (SSSR count). The fourth-order valence-electron chi connectivity index (χ4n) is 2.96. The van der Waals surface area contributed by atoms with E-state index in [1.807, 2.05) is 11.8 Å². The van der Waals surface area contributed by atoms with Crippen LogP contribution in [0, 0.1) is 6.92 Å². The maximum absolute atomic E-state index is 6.46. The third kappa shape index (κ3) is 2.92. The van der Waals surface area contributed by atoms with Crippen LogP contribution in [0.15, 0.2) is 48.5 Å². The van der Waals surface area contributed by atoms with E-state index in [1.165, 1.54) is 28.7 Å². The van der Waals surface area contributed by atoms with Crippen molar-refractivity contribution in [2.24, 2.45) is 5.73 Å². The van der Waals surface area contributed by atoms with Gasteiger partial charge in [0.25, 0.3) is 0 Å². The van der Waals surface area contributed by atoms with Crippen molar-refractivity contribution in [2.45, 2.75) is 36.8 Å². The Morgan fingerprint density at radius 3 is 2.85 bits per heavy atom. The van der Waals surface area contributed by atoms with Gasteiger partial charge in [-0.3, -0.25) is 0 Å². The molecule has 0 aliphatic heterocycles. The van der Waals surface area contributed by atoms with E-state index in [9.17, 15) is 0 Å². The van der Waals surface area contributed by atoms with Gasteiger partial charge < -0.3 is 5.73 Å². The zero-order valence-corrected chi connectivity index (χ0v) is 12.7. The highest BCUT2D eigenvalue weighted by Gasteiger charge is 2.26. The van der Waals surface area contributed by atoms with E-state index >= 15 is 0 Å². The largest absolute Gasteiger partial charge is 0.323 e. The topological polar surface area (TPSA) is 26.0 Å². The summed E-state index contributed by atoms with van der Waals surface area (Å²) in [7, 11) is 0. The van der Waals surface area contributed by atoms with Crippen molar-refractivity contribution in [1.82, 2.24) is 0 Å². The molecular weight excluding hydrogens is 262 g/mol. The average molecular weight is 283 g/mol. The van der Waals surface area contributed by atoms with Crippen LogP contribution < -0.4 is 5.73 Å². The van der Waals surface area contributed by atoms with Crippen LogP contribution >= 0.6 is 11.8 Å². The number of benzene rings is 2. The highest BCUT2D eigenvalue weighted by molar-refractivity contribution is 7.99. The zero-order valence-electron chi connectivity index (χ0n) is 11.9. The van der Waals surface area contributed by atoms with E-state index in [0.29, 0.717) is 5.25 Å². The molecule has 0 aromatic heterocycles. The molecule has 1 aliphatic rings. The Balaban J connectivity index is 1.68. The second-order valence-corrected chi connectivity index (χ2v) is 6.83. The normalized spacial score (nSPS) is 21.5. The molecule has 20 heavy (non-hydrogen) atoms. The molecule has 0 saturated carbocycles. The van der Waals surface area contributed by atoms with Gasteiger partial charge >= 0.3 is 0 Å². The van der Waals surface area contributed by atoms with Crippen LogP contribution in [-0.4, -0.2) is 5.25 Å². The lowest BCUT2D eigenvalue weighted by Gasteiger charge is -2.30. The molecular formula is C18H21NS. The zero-order chi connectivity index (χ0) is 13.9. The lowest BCUT2D eigenvalue weighted by atomic mass is 9.88. The summed E-state index contributed by atoms with van der Waals surface area (Å²) in [5.74, 6) is 1.06. The van der Waals surface area contributed by atoms with Crippen LogP contribution in [0.4, 0.5) is 0 Å². The van der Waals surface area contributed by atoms with Gasteiger partial charge in [-0.25, -0.2) is 0 Å². The maximum atomic E-state index is 6.46. The van der Waals surface area contributed by atoms with Crippen LogP contribution in [-0.2, 0) is 12.2 Å². The molecule has 0 fully saturated rings. The summed E-state index contributed by atoms with van der Waals surface area (Å²) in [6.07, 6.45) is 2.35. The Morgan fingerprint density at radius 1 is 1.15 bits per heavy atom. The Bertz CT molecular complexity index is 593. The summed E-state index contributed by atoms with van der Waals surface area (Å²) in [4.78, 5) is 0. The molecule has 1 nitrogen and oxygen atoms in total. The van der Waals surface area contributed by atoms with Crippen molar-refractivity contribution >= 4 is 11.8 Å². The molecule has 2 aromatic rings. The first-order valence-corrected chi connectivity index (χ1v) is 8.29. The maximum Gasteiger partial charge on any atom is 0.0418 e. The number of nitrogens with two attached hydrogens (primary N) is 1. The summed E-state index contributed by atoms with van der Waals surface area (Å²) in [6.45, 7) is 2.15. The van der Waals surface area contributed by atoms with Crippen molar-refractivity contribution in [1.29, 1.82) is 0 Å².